The molecule has 0 amide bonds. The van der Waals surface area contributed by atoms with Gasteiger partial charge < -0.3 is 11.1 Å². The molecule has 3 aliphatic rings. The van der Waals surface area contributed by atoms with Crippen LogP contribution in [0, 0.1) is 17.8 Å². The smallest absolute Gasteiger partial charge is 0.153 e. The largest absolute Gasteiger partial charge is 0.382 e. The molecule has 2 saturated carbocycles. The summed E-state index contributed by atoms with van der Waals surface area (Å²) >= 11 is 0. The molecule has 2 aromatic carbocycles. The lowest BCUT2D eigenvalue weighted by Crippen LogP contribution is -2.35. The number of aromatic amines is 2. The molecule has 0 saturated heterocycles. The van der Waals surface area contributed by atoms with Gasteiger partial charge in [-0.15, -0.1) is 0 Å². The number of H-pyrrole nitrogens is 2. The number of aromatic nitrogens is 5. The molecule has 1 aliphatic heterocycles. The summed E-state index contributed by atoms with van der Waals surface area (Å²) in [6.45, 7) is 0. The normalized spacial score (nSPS) is 30.5. The lowest BCUT2D eigenvalue weighted by Gasteiger charge is -2.43. The van der Waals surface area contributed by atoms with Gasteiger partial charge in [0.1, 0.15) is 11.0 Å². The van der Waals surface area contributed by atoms with Crippen LogP contribution in [0.3, 0.4) is 0 Å². The maximum absolute atomic E-state index is 6.09. The molecule has 2 bridgehead atoms. The van der Waals surface area contributed by atoms with E-state index in [-0.39, 0.29) is 6.04 Å². The fourth-order valence-electron chi connectivity index (χ4n) is 6.45. The van der Waals surface area contributed by atoms with Crippen molar-refractivity contribution in [3.8, 4) is 0 Å². The highest BCUT2D eigenvalue weighted by Gasteiger charge is 2.54. The van der Waals surface area contributed by atoms with Gasteiger partial charge in [0.25, 0.3) is 0 Å². The van der Waals surface area contributed by atoms with Gasteiger partial charge in [-0.25, -0.2) is 0 Å². The highest BCUT2D eigenvalue weighted by Crippen LogP contribution is 2.64. The Morgan fingerprint density at radius 3 is 2.89 bits per heavy atom. The minimum atomic E-state index is 0.288. The zero-order chi connectivity index (χ0) is 18.4. The summed E-state index contributed by atoms with van der Waals surface area (Å²) in [5.41, 5.74) is 13.0. The second-order valence-electron chi connectivity index (χ2n) is 8.69. The molecule has 5 atom stereocenters. The van der Waals surface area contributed by atoms with Gasteiger partial charge in [-0.1, -0.05) is 6.07 Å². The number of nitrogens with zero attached hydrogens (tertiary/aromatic N) is 3. The first-order valence-corrected chi connectivity index (χ1v) is 10.1. The van der Waals surface area contributed by atoms with Crippen LogP contribution < -0.4 is 11.1 Å². The molecular weight excluding hydrogens is 350 g/mol. The molecule has 0 spiro atoms. The second kappa shape index (κ2) is 5.04. The molecule has 5 N–H and O–H groups in total. The van der Waals surface area contributed by atoms with E-state index < -0.39 is 0 Å². The van der Waals surface area contributed by atoms with E-state index in [0.717, 1.165) is 33.8 Å². The maximum atomic E-state index is 6.09. The maximum Gasteiger partial charge on any atom is 0.153 e. The zero-order valence-corrected chi connectivity index (χ0v) is 15.3. The average molecular weight is 371 g/mol. The van der Waals surface area contributed by atoms with Gasteiger partial charge in [-0.2, -0.15) is 20.5 Å². The number of anilines is 2. The van der Waals surface area contributed by atoms with Crippen molar-refractivity contribution in [3.63, 3.8) is 0 Å². The Labute approximate surface area is 161 Å². The van der Waals surface area contributed by atoms with Crippen molar-refractivity contribution in [1.82, 2.24) is 25.6 Å². The predicted octanol–water partition coefficient (Wildman–Crippen LogP) is 3.71. The van der Waals surface area contributed by atoms with Crippen LogP contribution in [0.25, 0.3) is 21.9 Å². The minimum absolute atomic E-state index is 0.288. The molecule has 7 heteroatoms. The van der Waals surface area contributed by atoms with Crippen molar-refractivity contribution in [2.24, 2.45) is 17.8 Å². The Morgan fingerprint density at radius 2 is 1.93 bits per heavy atom. The van der Waals surface area contributed by atoms with Gasteiger partial charge in [0.2, 0.25) is 0 Å². The van der Waals surface area contributed by atoms with E-state index in [0.29, 0.717) is 17.7 Å². The number of nitrogens with one attached hydrogen (secondary N) is 3. The molecule has 7 rings (SSSR count). The van der Waals surface area contributed by atoms with E-state index in [9.17, 15) is 0 Å². The molecule has 0 radical (unpaired) electrons. The van der Waals surface area contributed by atoms with Crippen LogP contribution in [0.4, 0.5) is 11.5 Å². The SMILES string of the molecule is Nc1n[nH]c2ccc([C@@H]3Nc4ccc5n[nH]nc5c4[C@H]4[C@@H]5CC[C@@H](C5)[C@H]43)cc12. The fraction of sp³-hybridized carbons (Fsp3) is 0.381. The first-order valence-electron chi connectivity index (χ1n) is 10.1. The second-order valence-corrected chi connectivity index (χ2v) is 8.69. The summed E-state index contributed by atoms with van der Waals surface area (Å²) in [7, 11) is 0. The molecular formula is C21H21N7. The molecule has 2 aliphatic carbocycles. The van der Waals surface area contributed by atoms with Gasteiger partial charge in [0.05, 0.1) is 11.6 Å². The van der Waals surface area contributed by atoms with Crippen molar-refractivity contribution in [2.45, 2.75) is 31.2 Å². The minimum Gasteiger partial charge on any atom is -0.382 e. The number of hydrogen-bond acceptors (Lipinski definition) is 5. The van der Waals surface area contributed by atoms with E-state index in [1.165, 1.54) is 36.1 Å². The molecule has 3 heterocycles. The monoisotopic (exact) mass is 371 g/mol. The van der Waals surface area contributed by atoms with Crippen molar-refractivity contribution in [1.29, 1.82) is 0 Å². The van der Waals surface area contributed by atoms with Crippen LogP contribution in [0.1, 0.15) is 42.3 Å². The fourth-order valence-corrected chi connectivity index (χ4v) is 6.45. The van der Waals surface area contributed by atoms with Crippen molar-refractivity contribution in [2.75, 3.05) is 11.1 Å². The lowest BCUT2D eigenvalue weighted by atomic mass is 9.67. The number of benzene rings is 2. The number of fused-ring (bicyclic) bond motifs is 10. The zero-order valence-electron chi connectivity index (χ0n) is 15.3. The van der Waals surface area contributed by atoms with Crippen LogP contribution in [-0.2, 0) is 0 Å². The predicted molar refractivity (Wildman–Crippen MR) is 108 cm³/mol. The topological polar surface area (TPSA) is 108 Å². The summed E-state index contributed by atoms with van der Waals surface area (Å²) in [4.78, 5) is 0. The van der Waals surface area contributed by atoms with E-state index in [2.05, 4.69) is 61.3 Å². The Kier molecular flexibility index (Phi) is 2.68. The molecule has 2 fully saturated rings. The third-order valence-corrected chi connectivity index (χ3v) is 7.51. The van der Waals surface area contributed by atoms with Crippen molar-refractivity contribution < 1.29 is 0 Å². The highest BCUT2D eigenvalue weighted by molar-refractivity contribution is 5.89. The molecule has 2 aromatic heterocycles. The van der Waals surface area contributed by atoms with Gasteiger partial charge in [0.15, 0.2) is 5.82 Å². The van der Waals surface area contributed by atoms with Crippen molar-refractivity contribution in [3.05, 3.63) is 41.5 Å². The van der Waals surface area contributed by atoms with Gasteiger partial charge in [-0.05, 0) is 72.8 Å². The number of nitrogen functional groups attached to an aromatic ring is 1. The lowest BCUT2D eigenvalue weighted by molar-refractivity contribution is 0.249. The van der Waals surface area contributed by atoms with E-state index >= 15 is 0 Å². The Bertz CT molecular complexity index is 1240. The first kappa shape index (κ1) is 14.9. The Morgan fingerprint density at radius 1 is 1.00 bits per heavy atom. The van der Waals surface area contributed by atoms with Crippen molar-refractivity contribution >= 4 is 33.4 Å². The highest BCUT2D eigenvalue weighted by atomic mass is 15.3. The van der Waals surface area contributed by atoms with Gasteiger partial charge in [0, 0.05) is 16.6 Å². The van der Waals surface area contributed by atoms with E-state index in [4.69, 9.17) is 5.73 Å². The molecule has 28 heavy (non-hydrogen) atoms. The van der Waals surface area contributed by atoms with Crippen LogP contribution in [0.5, 0.6) is 0 Å². The molecule has 4 aromatic rings. The van der Waals surface area contributed by atoms with E-state index in [1.54, 1.807) is 0 Å². The summed E-state index contributed by atoms with van der Waals surface area (Å²) in [6.07, 6.45) is 4.00. The third-order valence-electron chi connectivity index (χ3n) is 7.51. The van der Waals surface area contributed by atoms with Gasteiger partial charge in [-0.3, -0.25) is 5.10 Å². The molecule has 140 valence electrons. The number of rotatable bonds is 1. The summed E-state index contributed by atoms with van der Waals surface area (Å²) in [6, 6.07) is 11.1. The Balaban J connectivity index is 1.44. The van der Waals surface area contributed by atoms with Crippen LogP contribution >= 0.6 is 0 Å². The number of hydrogen-bond donors (Lipinski definition) is 4. The van der Waals surface area contributed by atoms with E-state index in [1.807, 2.05) is 0 Å². The Hall–Kier alpha value is -3.09. The van der Waals surface area contributed by atoms with Crippen LogP contribution in [-0.4, -0.2) is 25.6 Å². The first-order chi connectivity index (χ1) is 13.8. The van der Waals surface area contributed by atoms with Gasteiger partial charge >= 0.3 is 0 Å². The van der Waals surface area contributed by atoms with Crippen LogP contribution in [0.15, 0.2) is 30.3 Å². The third kappa shape index (κ3) is 1.77. The average Bonchev–Trinajstić information content (AvgIpc) is 3.51. The van der Waals surface area contributed by atoms with Crippen LogP contribution in [0.2, 0.25) is 0 Å². The number of nitrogens with two attached hydrogens (primary N) is 1. The summed E-state index contributed by atoms with van der Waals surface area (Å²) in [5, 5.41) is 23.7. The quantitative estimate of drug-likeness (QED) is 0.408. The standard InChI is InChI=1S/C21H21N7/c22-21-12-8-11(3-4-13(12)24-27-21)19-17-10-2-1-9(7-10)16(17)18-14(23-19)5-6-15-20(18)26-28-25-15/h3-6,8-10,16-17,19,23H,1-2,7H2,(H3,22,24,27)(H,25,26,28)/t9-,10+,16+,17-,19+/m1/s1. The molecule has 7 nitrogen and oxygen atoms in total. The summed E-state index contributed by atoms with van der Waals surface area (Å²) < 4.78 is 0. The molecule has 0 unspecified atom stereocenters. The summed E-state index contributed by atoms with van der Waals surface area (Å²) in [5.74, 6) is 3.22.